The van der Waals surface area contributed by atoms with Gasteiger partial charge in [0.15, 0.2) is 0 Å². The van der Waals surface area contributed by atoms with E-state index in [0.29, 0.717) is 18.8 Å². The normalized spacial score (nSPS) is 15.9. The summed E-state index contributed by atoms with van der Waals surface area (Å²) < 4.78 is 52.5. The molecule has 1 heterocycles. The SMILES string of the molecule is CS(=O)(=O)Nc1ccccc1C(=O)Nc1ccc(S(=O)(=O)N2CCCCCC2)cc1. The first-order valence-electron chi connectivity index (χ1n) is 9.65. The number of benzene rings is 2. The zero-order valence-corrected chi connectivity index (χ0v) is 18.3. The Morgan fingerprint density at radius 2 is 1.47 bits per heavy atom. The van der Waals surface area contributed by atoms with E-state index in [0.717, 1.165) is 31.9 Å². The summed E-state index contributed by atoms with van der Waals surface area (Å²) in [5, 5.41) is 2.67. The first-order valence-corrected chi connectivity index (χ1v) is 13.0. The third-order valence-corrected chi connectivity index (χ3v) is 7.29. The zero-order valence-electron chi connectivity index (χ0n) is 16.7. The van der Waals surface area contributed by atoms with Gasteiger partial charge in [0, 0.05) is 18.8 Å². The molecule has 1 aliphatic heterocycles. The average Bonchev–Trinajstić information content (AvgIpc) is 2.97. The van der Waals surface area contributed by atoms with E-state index in [1.54, 1.807) is 12.1 Å². The number of hydrogen-bond donors (Lipinski definition) is 2. The first kappa shape index (κ1) is 22.3. The lowest BCUT2D eigenvalue weighted by atomic mass is 10.1. The molecule has 2 aromatic carbocycles. The summed E-state index contributed by atoms with van der Waals surface area (Å²) in [6.07, 6.45) is 4.78. The molecule has 1 fully saturated rings. The molecule has 1 saturated heterocycles. The van der Waals surface area contributed by atoms with Crippen LogP contribution in [-0.4, -0.2) is 46.4 Å². The molecule has 1 aliphatic rings. The van der Waals surface area contributed by atoms with Crippen molar-refractivity contribution in [1.29, 1.82) is 0 Å². The standard InChI is InChI=1S/C20H25N3O5S2/c1-29(25,26)22-19-9-5-4-8-18(19)20(24)21-16-10-12-17(13-11-16)30(27,28)23-14-6-2-3-7-15-23/h4-5,8-13,22H,2-3,6-7,14-15H2,1H3,(H,21,24). The maximum Gasteiger partial charge on any atom is 0.257 e. The number of carbonyl (C=O) groups is 1. The minimum absolute atomic E-state index is 0.157. The van der Waals surface area contributed by atoms with Gasteiger partial charge in [-0.25, -0.2) is 16.8 Å². The van der Waals surface area contributed by atoms with Gasteiger partial charge in [0.1, 0.15) is 0 Å². The number of nitrogens with one attached hydrogen (secondary N) is 2. The van der Waals surface area contributed by atoms with E-state index in [2.05, 4.69) is 10.0 Å². The van der Waals surface area contributed by atoms with Gasteiger partial charge < -0.3 is 5.32 Å². The Morgan fingerprint density at radius 1 is 0.867 bits per heavy atom. The van der Waals surface area contributed by atoms with Crippen molar-refractivity contribution in [3.05, 3.63) is 54.1 Å². The van der Waals surface area contributed by atoms with Crippen molar-refractivity contribution in [2.24, 2.45) is 0 Å². The largest absolute Gasteiger partial charge is 0.322 e. The number of para-hydroxylation sites is 1. The van der Waals surface area contributed by atoms with E-state index in [4.69, 9.17) is 0 Å². The van der Waals surface area contributed by atoms with Crippen LogP contribution in [0.1, 0.15) is 36.0 Å². The molecule has 2 aromatic rings. The smallest absolute Gasteiger partial charge is 0.257 e. The van der Waals surface area contributed by atoms with E-state index in [-0.39, 0.29) is 16.1 Å². The van der Waals surface area contributed by atoms with Gasteiger partial charge in [0.2, 0.25) is 20.0 Å². The molecule has 8 nitrogen and oxygen atoms in total. The van der Waals surface area contributed by atoms with E-state index >= 15 is 0 Å². The fourth-order valence-electron chi connectivity index (χ4n) is 3.31. The number of amides is 1. The maximum absolute atomic E-state index is 12.8. The minimum atomic E-state index is -3.57. The fourth-order valence-corrected chi connectivity index (χ4v) is 5.40. The minimum Gasteiger partial charge on any atom is -0.322 e. The lowest BCUT2D eigenvalue weighted by Crippen LogP contribution is -2.31. The van der Waals surface area contributed by atoms with Gasteiger partial charge in [-0.1, -0.05) is 25.0 Å². The second-order valence-corrected chi connectivity index (χ2v) is 10.9. The van der Waals surface area contributed by atoms with Gasteiger partial charge in [0.05, 0.1) is 22.4 Å². The molecule has 0 unspecified atom stereocenters. The highest BCUT2D eigenvalue weighted by Crippen LogP contribution is 2.23. The Morgan fingerprint density at radius 3 is 2.07 bits per heavy atom. The molecule has 0 aromatic heterocycles. The summed E-state index contributed by atoms with van der Waals surface area (Å²) in [4.78, 5) is 12.8. The first-order chi connectivity index (χ1) is 14.2. The summed E-state index contributed by atoms with van der Waals surface area (Å²) in [5.74, 6) is -0.509. The van der Waals surface area contributed by atoms with Crippen molar-refractivity contribution in [3.63, 3.8) is 0 Å². The molecule has 162 valence electrons. The van der Waals surface area contributed by atoms with Crippen molar-refractivity contribution in [1.82, 2.24) is 4.31 Å². The van der Waals surface area contributed by atoms with Gasteiger partial charge in [-0.15, -0.1) is 0 Å². The highest BCUT2D eigenvalue weighted by molar-refractivity contribution is 7.92. The highest BCUT2D eigenvalue weighted by Gasteiger charge is 2.25. The molecule has 2 N–H and O–H groups in total. The van der Waals surface area contributed by atoms with E-state index in [1.165, 1.54) is 40.7 Å². The molecule has 0 spiro atoms. The lowest BCUT2D eigenvalue weighted by molar-refractivity contribution is 0.102. The van der Waals surface area contributed by atoms with E-state index in [1.807, 2.05) is 0 Å². The van der Waals surface area contributed by atoms with Crippen LogP contribution < -0.4 is 10.0 Å². The van der Waals surface area contributed by atoms with Crippen LogP contribution in [0.3, 0.4) is 0 Å². The third kappa shape index (κ3) is 5.59. The monoisotopic (exact) mass is 451 g/mol. The van der Waals surface area contributed by atoms with Crippen molar-refractivity contribution < 1.29 is 21.6 Å². The predicted molar refractivity (Wildman–Crippen MR) is 117 cm³/mol. The lowest BCUT2D eigenvalue weighted by Gasteiger charge is -2.20. The van der Waals surface area contributed by atoms with Gasteiger partial charge in [-0.2, -0.15) is 4.31 Å². The zero-order chi connectivity index (χ0) is 21.8. The Kier molecular flexibility index (Phi) is 6.79. The number of hydrogen-bond acceptors (Lipinski definition) is 5. The Hall–Kier alpha value is -2.43. The molecule has 1 amide bonds. The quantitative estimate of drug-likeness (QED) is 0.701. The summed E-state index contributed by atoms with van der Waals surface area (Å²) in [7, 11) is -7.11. The van der Waals surface area contributed by atoms with Crippen molar-refractivity contribution in [2.45, 2.75) is 30.6 Å². The second kappa shape index (κ2) is 9.15. The number of nitrogens with zero attached hydrogens (tertiary/aromatic N) is 1. The molecule has 0 bridgehead atoms. The van der Waals surface area contributed by atoms with Crippen molar-refractivity contribution in [3.8, 4) is 0 Å². The Labute approximate surface area is 177 Å². The molecule has 0 radical (unpaired) electrons. The summed E-state index contributed by atoms with van der Waals surface area (Å²) in [5.41, 5.74) is 0.728. The maximum atomic E-state index is 12.8. The molecule has 30 heavy (non-hydrogen) atoms. The highest BCUT2D eigenvalue weighted by atomic mass is 32.2. The Balaban J connectivity index is 1.76. The topological polar surface area (TPSA) is 113 Å². The Bertz CT molecular complexity index is 1110. The van der Waals surface area contributed by atoms with Gasteiger partial charge in [-0.05, 0) is 49.2 Å². The molecule has 0 saturated carbocycles. The van der Waals surface area contributed by atoms with Gasteiger partial charge in [0.25, 0.3) is 5.91 Å². The van der Waals surface area contributed by atoms with Crippen molar-refractivity contribution >= 4 is 37.3 Å². The van der Waals surface area contributed by atoms with Crippen LogP contribution in [0.25, 0.3) is 0 Å². The molecule has 0 aliphatic carbocycles. The van der Waals surface area contributed by atoms with Crippen LogP contribution >= 0.6 is 0 Å². The van der Waals surface area contributed by atoms with Crippen LogP contribution in [-0.2, 0) is 20.0 Å². The van der Waals surface area contributed by atoms with Crippen LogP contribution in [0.15, 0.2) is 53.4 Å². The summed E-state index contributed by atoms with van der Waals surface area (Å²) in [6, 6.07) is 12.2. The molecule has 10 heteroatoms. The van der Waals surface area contributed by atoms with E-state index < -0.39 is 26.0 Å². The average molecular weight is 452 g/mol. The fraction of sp³-hybridized carbons (Fsp3) is 0.350. The van der Waals surface area contributed by atoms with Crippen LogP contribution in [0.2, 0.25) is 0 Å². The number of sulfonamides is 2. The predicted octanol–water partition coefficient (Wildman–Crippen LogP) is 2.88. The summed E-state index contributed by atoms with van der Waals surface area (Å²) in [6.45, 7) is 1.04. The van der Waals surface area contributed by atoms with Gasteiger partial charge in [-0.3, -0.25) is 9.52 Å². The van der Waals surface area contributed by atoms with Crippen molar-refractivity contribution in [2.75, 3.05) is 29.4 Å². The second-order valence-electron chi connectivity index (χ2n) is 7.22. The number of anilines is 2. The van der Waals surface area contributed by atoms with Crippen LogP contribution in [0.4, 0.5) is 11.4 Å². The van der Waals surface area contributed by atoms with E-state index in [9.17, 15) is 21.6 Å². The molecule has 3 rings (SSSR count). The third-order valence-electron chi connectivity index (χ3n) is 4.78. The van der Waals surface area contributed by atoms with Crippen LogP contribution in [0.5, 0.6) is 0 Å². The molecular formula is C20H25N3O5S2. The molecular weight excluding hydrogens is 426 g/mol. The molecule has 0 atom stereocenters. The summed E-state index contributed by atoms with van der Waals surface area (Å²) >= 11 is 0. The van der Waals surface area contributed by atoms with Crippen LogP contribution in [0, 0.1) is 0 Å². The van der Waals surface area contributed by atoms with Gasteiger partial charge >= 0.3 is 0 Å². The number of rotatable bonds is 6. The number of carbonyl (C=O) groups excluding carboxylic acids is 1.